The molecule has 0 aromatic heterocycles. The Hall–Kier alpha value is -1.75. The Kier molecular flexibility index (Phi) is 3.72. The van der Waals surface area contributed by atoms with Gasteiger partial charge in [-0.05, 0) is 37.2 Å². The van der Waals surface area contributed by atoms with Crippen molar-refractivity contribution in [3.05, 3.63) is 23.3 Å². The molecule has 0 radical (unpaired) electrons. The maximum atomic E-state index is 10.6. The summed E-state index contributed by atoms with van der Waals surface area (Å²) in [6, 6.07) is 3.88. The van der Waals surface area contributed by atoms with Crippen LogP contribution in [0.5, 0.6) is 11.5 Å². The summed E-state index contributed by atoms with van der Waals surface area (Å²) in [6.45, 7) is 3.72. The minimum atomic E-state index is -0.826. The first-order valence-electron chi connectivity index (χ1n) is 5.85. The van der Waals surface area contributed by atoms with Crippen LogP contribution in [0.1, 0.15) is 11.1 Å². The predicted octanol–water partition coefficient (Wildman–Crippen LogP) is 1.28. The summed E-state index contributed by atoms with van der Waals surface area (Å²) < 4.78 is 11.0. The summed E-state index contributed by atoms with van der Waals surface area (Å²) >= 11 is 0. The highest BCUT2D eigenvalue weighted by Crippen LogP contribution is 2.33. The molecular formula is C13H17NO4. The largest absolute Gasteiger partial charge is 0.486 e. The van der Waals surface area contributed by atoms with Crippen molar-refractivity contribution in [2.24, 2.45) is 0 Å². The van der Waals surface area contributed by atoms with Crippen molar-refractivity contribution in [2.45, 2.75) is 13.5 Å². The summed E-state index contributed by atoms with van der Waals surface area (Å²) in [7, 11) is 1.78. The molecule has 5 nitrogen and oxygen atoms in total. The summed E-state index contributed by atoms with van der Waals surface area (Å²) in [5.74, 6) is 0.682. The smallest absolute Gasteiger partial charge is 0.317 e. The standard InChI is InChI=1S/C13H17NO4/c1-9-5-11-12(18-4-3-17-11)6-10(9)7-14(2)8-13(15)16/h5-6H,3-4,7-8H2,1-2H3,(H,15,16). The number of carboxylic acid groups (broad SMARTS) is 1. The van der Waals surface area contributed by atoms with Gasteiger partial charge >= 0.3 is 5.97 Å². The average Bonchev–Trinajstić information content (AvgIpc) is 2.29. The zero-order valence-electron chi connectivity index (χ0n) is 10.6. The van der Waals surface area contributed by atoms with E-state index in [1.165, 1.54) is 0 Å². The van der Waals surface area contributed by atoms with E-state index in [0.717, 1.165) is 22.6 Å². The first kappa shape index (κ1) is 12.7. The lowest BCUT2D eigenvalue weighted by molar-refractivity contribution is -0.138. The van der Waals surface area contributed by atoms with Gasteiger partial charge in [0.25, 0.3) is 0 Å². The van der Waals surface area contributed by atoms with Gasteiger partial charge < -0.3 is 14.6 Å². The molecule has 1 aliphatic heterocycles. The van der Waals surface area contributed by atoms with E-state index < -0.39 is 5.97 Å². The molecule has 0 saturated heterocycles. The Bertz CT molecular complexity index is 459. The lowest BCUT2D eigenvalue weighted by Crippen LogP contribution is -2.25. The van der Waals surface area contributed by atoms with Gasteiger partial charge in [-0.15, -0.1) is 0 Å². The fourth-order valence-electron chi connectivity index (χ4n) is 1.98. The van der Waals surface area contributed by atoms with Crippen molar-refractivity contribution < 1.29 is 19.4 Å². The van der Waals surface area contributed by atoms with Gasteiger partial charge in [-0.25, -0.2) is 0 Å². The minimum absolute atomic E-state index is 0.0217. The van der Waals surface area contributed by atoms with Crippen LogP contribution in [0.15, 0.2) is 12.1 Å². The van der Waals surface area contributed by atoms with Gasteiger partial charge in [0, 0.05) is 6.54 Å². The summed E-state index contributed by atoms with van der Waals surface area (Å²) in [4.78, 5) is 12.4. The quantitative estimate of drug-likeness (QED) is 0.873. The molecule has 0 saturated carbocycles. The molecule has 0 unspecified atom stereocenters. The molecule has 1 aromatic carbocycles. The lowest BCUT2D eigenvalue weighted by atomic mass is 10.1. The van der Waals surface area contributed by atoms with E-state index in [-0.39, 0.29) is 6.54 Å². The fourth-order valence-corrected chi connectivity index (χ4v) is 1.98. The van der Waals surface area contributed by atoms with E-state index in [1.54, 1.807) is 11.9 Å². The molecule has 1 aliphatic rings. The van der Waals surface area contributed by atoms with Crippen LogP contribution in [0.4, 0.5) is 0 Å². The molecule has 2 rings (SSSR count). The van der Waals surface area contributed by atoms with E-state index in [9.17, 15) is 4.79 Å². The second-order valence-corrected chi connectivity index (χ2v) is 4.49. The Morgan fingerprint density at radius 2 is 1.94 bits per heavy atom. The molecule has 0 fully saturated rings. The van der Waals surface area contributed by atoms with Gasteiger partial charge in [0.15, 0.2) is 11.5 Å². The molecular weight excluding hydrogens is 234 g/mol. The number of carboxylic acids is 1. The number of nitrogens with zero attached hydrogens (tertiary/aromatic N) is 1. The molecule has 0 atom stereocenters. The van der Waals surface area contributed by atoms with Gasteiger partial charge in [0.2, 0.25) is 0 Å². The Balaban J connectivity index is 2.15. The van der Waals surface area contributed by atoms with Crippen LogP contribution in [0, 0.1) is 6.92 Å². The van der Waals surface area contributed by atoms with Gasteiger partial charge in [-0.2, -0.15) is 0 Å². The number of aryl methyl sites for hydroxylation is 1. The SMILES string of the molecule is Cc1cc2c(cc1CN(C)CC(=O)O)OCCO2. The molecule has 0 bridgehead atoms. The highest BCUT2D eigenvalue weighted by molar-refractivity contribution is 5.69. The number of hydrogen-bond acceptors (Lipinski definition) is 4. The number of rotatable bonds is 4. The first-order valence-corrected chi connectivity index (χ1v) is 5.85. The van der Waals surface area contributed by atoms with Crippen LogP contribution in [-0.4, -0.2) is 42.8 Å². The van der Waals surface area contributed by atoms with E-state index in [1.807, 2.05) is 19.1 Å². The monoisotopic (exact) mass is 251 g/mol. The maximum Gasteiger partial charge on any atom is 0.317 e. The Labute approximate surface area is 106 Å². The van der Waals surface area contributed by atoms with Crippen LogP contribution in [-0.2, 0) is 11.3 Å². The zero-order valence-corrected chi connectivity index (χ0v) is 10.6. The van der Waals surface area contributed by atoms with Crippen LogP contribution in [0.3, 0.4) is 0 Å². The fraction of sp³-hybridized carbons (Fsp3) is 0.462. The van der Waals surface area contributed by atoms with Crippen molar-refractivity contribution in [2.75, 3.05) is 26.8 Å². The third kappa shape index (κ3) is 2.92. The molecule has 1 aromatic rings. The van der Waals surface area contributed by atoms with Crippen LogP contribution < -0.4 is 9.47 Å². The lowest BCUT2D eigenvalue weighted by Gasteiger charge is -2.22. The maximum absolute atomic E-state index is 10.6. The van der Waals surface area contributed by atoms with Gasteiger partial charge in [-0.1, -0.05) is 0 Å². The van der Waals surface area contributed by atoms with Crippen LogP contribution >= 0.6 is 0 Å². The molecule has 0 spiro atoms. The second-order valence-electron chi connectivity index (χ2n) is 4.49. The molecule has 18 heavy (non-hydrogen) atoms. The van der Waals surface area contributed by atoms with Gasteiger partial charge in [0.1, 0.15) is 13.2 Å². The van der Waals surface area contributed by atoms with Crippen molar-refractivity contribution in [3.8, 4) is 11.5 Å². The highest BCUT2D eigenvalue weighted by Gasteiger charge is 2.15. The Morgan fingerprint density at radius 3 is 2.56 bits per heavy atom. The molecule has 1 N–H and O–H groups in total. The minimum Gasteiger partial charge on any atom is -0.486 e. The molecule has 98 valence electrons. The van der Waals surface area contributed by atoms with Crippen LogP contribution in [0.2, 0.25) is 0 Å². The zero-order chi connectivity index (χ0) is 13.1. The Morgan fingerprint density at radius 1 is 1.33 bits per heavy atom. The number of ether oxygens (including phenoxy) is 2. The van der Waals surface area contributed by atoms with Crippen molar-refractivity contribution in [1.82, 2.24) is 4.90 Å². The topological polar surface area (TPSA) is 59.0 Å². The summed E-state index contributed by atoms with van der Waals surface area (Å²) in [6.07, 6.45) is 0. The average molecular weight is 251 g/mol. The highest BCUT2D eigenvalue weighted by atomic mass is 16.6. The summed E-state index contributed by atoms with van der Waals surface area (Å²) in [5, 5.41) is 8.74. The molecule has 5 heteroatoms. The molecule has 0 aliphatic carbocycles. The van der Waals surface area contributed by atoms with Gasteiger partial charge in [-0.3, -0.25) is 9.69 Å². The van der Waals surface area contributed by atoms with E-state index in [0.29, 0.717) is 19.8 Å². The van der Waals surface area contributed by atoms with Crippen LogP contribution in [0.25, 0.3) is 0 Å². The number of fused-ring (bicyclic) bond motifs is 1. The van der Waals surface area contributed by atoms with Crippen molar-refractivity contribution >= 4 is 5.97 Å². The number of benzene rings is 1. The molecule has 1 heterocycles. The number of aliphatic carboxylic acids is 1. The second kappa shape index (κ2) is 5.27. The first-order chi connectivity index (χ1) is 8.56. The normalized spacial score (nSPS) is 13.7. The van der Waals surface area contributed by atoms with E-state index in [4.69, 9.17) is 14.6 Å². The van der Waals surface area contributed by atoms with E-state index in [2.05, 4.69) is 0 Å². The van der Waals surface area contributed by atoms with Crippen molar-refractivity contribution in [3.63, 3.8) is 0 Å². The van der Waals surface area contributed by atoms with E-state index >= 15 is 0 Å². The number of likely N-dealkylation sites (N-methyl/N-ethyl adjacent to an activating group) is 1. The third-order valence-corrected chi connectivity index (χ3v) is 2.85. The number of carbonyl (C=O) groups is 1. The predicted molar refractivity (Wildman–Crippen MR) is 66.1 cm³/mol. The number of hydrogen-bond donors (Lipinski definition) is 1. The summed E-state index contributed by atoms with van der Waals surface area (Å²) in [5.41, 5.74) is 2.14. The third-order valence-electron chi connectivity index (χ3n) is 2.85. The molecule has 0 amide bonds. The van der Waals surface area contributed by atoms with Crippen molar-refractivity contribution in [1.29, 1.82) is 0 Å². The van der Waals surface area contributed by atoms with Gasteiger partial charge in [0.05, 0.1) is 6.54 Å².